The van der Waals surface area contributed by atoms with Crippen LogP contribution in [0.2, 0.25) is 0 Å². The largest absolute Gasteiger partial charge is 0.348 e. The Labute approximate surface area is 133 Å². The number of nitrogens with zero attached hydrogens (tertiary/aromatic N) is 1. The van der Waals surface area contributed by atoms with E-state index in [0.717, 1.165) is 25.9 Å². The maximum Gasteiger partial charge on any atom is 0.0507 e. The summed E-state index contributed by atoms with van der Waals surface area (Å²) >= 11 is 0. The van der Waals surface area contributed by atoms with Crippen LogP contribution < -0.4 is 5.32 Å². The first kappa shape index (κ1) is 20.0. The van der Waals surface area contributed by atoms with Crippen molar-refractivity contribution in [3.05, 3.63) is 37.2 Å². The smallest absolute Gasteiger partial charge is 0.0507 e. The van der Waals surface area contributed by atoms with Gasteiger partial charge in [-0.3, -0.25) is 0 Å². The van der Waals surface area contributed by atoms with Crippen molar-refractivity contribution in [3.63, 3.8) is 0 Å². The molecule has 2 nitrogen and oxygen atoms in total. The highest BCUT2D eigenvalue weighted by molar-refractivity contribution is 5.03. The van der Waals surface area contributed by atoms with E-state index in [-0.39, 0.29) is 5.54 Å². The van der Waals surface area contributed by atoms with Gasteiger partial charge in [-0.1, -0.05) is 52.0 Å². The Hall–Kier alpha value is -1.02. The molecule has 0 amide bonds. The van der Waals surface area contributed by atoms with Gasteiger partial charge < -0.3 is 10.2 Å². The molecular weight excluding hydrogens is 256 g/mol. The average molecular weight is 293 g/mol. The number of rotatable bonds is 12. The van der Waals surface area contributed by atoms with Crippen LogP contribution in [0.4, 0.5) is 0 Å². The van der Waals surface area contributed by atoms with Gasteiger partial charge in [-0.2, -0.15) is 0 Å². The minimum Gasteiger partial charge on any atom is -0.348 e. The molecule has 1 unspecified atom stereocenters. The van der Waals surface area contributed by atoms with Crippen LogP contribution in [0.25, 0.3) is 0 Å². The monoisotopic (exact) mass is 292 g/mol. The van der Waals surface area contributed by atoms with Crippen LogP contribution in [0.1, 0.15) is 60.3 Å². The quantitative estimate of drug-likeness (QED) is 0.503. The number of hydrogen-bond donors (Lipinski definition) is 1. The fourth-order valence-electron chi connectivity index (χ4n) is 2.32. The normalized spacial score (nSPS) is 13.4. The summed E-state index contributed by atoms with van der Waals surface area (Å²) in [6.45, 7) is 21.1. The van der Waals surface area contributed by atoms with Crippen LogP contribution in [-0.4, -0.2) is 23.5 Å². The Kier molecular flexibility index (Phi) is 10.2. The van der Waals surface area contributed by atoms with E-state index in [2.05, 4.69) is 70.3 Å². The molecule has 0 spiro atoms. The van der Waals surface area contributed by atoms with Crippen LogP contribution in [0.15, 0.2) is 37.2 Å². The summed E-state index contributed by atoms with van der Waals surface area (Å²) in [5, 5.41) is 3.41. The molecule has 21 heavy (non-hydrogen) atoms. The van der Waals surface area contributed by atoms with Gasteiger partial charge in [-0.25, -0.2) is 0 Å². The van der Waals surface area contributed by atoms with Crippen LogP contribution in [0.5, 0.6) is 0 Å². The molecule has 0 saturated carbocycles. The van der Waals surface area contributed by atoms with Crippen molar-refractivity contribution in [3.8, 4) is 0 Å². The molecule has 0 aliphatic heterocycles. The highest BCUT2D eigenvalue weighted by Crippen LogP contribution is 2.19. The molecule has 0 heterocycles. The zero-order valence-electron chi connectivity index (χ0n) is 14.9. The number of likely N-dealkylation sites (N-methyl/N-ethyl adjacent to an activating group) is 1. The van der Waals surface area contributed by atoms with E-state index < -0.39 is 0 Å². The summed E-state index contributed by atoms with van der Waals surface area (Å²) < 4.78 is 0. The summed E-state index contributed by atoms with van der Waals surface area (Å²) in [7, 11) is 0. The molecule has 1 N–H and O–H groups in total. The SMILES string of the molecule is C=CN(C=CC(C)CC(=C)CCCC)C(C)(C)CNCC. The molecule has 1 atom stereocenters. The molecule has 0 fully saturated rings. The summed E-state index contributed by atoms with van der Waals surface area (Å²) in [5.41, 5.74) is 1.40. The summed E-state index contributed by atoms with van der Waals surface area (Å²) in [6, 6.07) is 0. The number of allylic oxidation sites excluding steroid dienone is 2. The average Bonchev–Trinajstić information content (AvgIpc) is 2.43. The lowest BCUT2D eigenvalue weighted by Crippen LogP contribution is -2.45. The Balaban J connectivity index is 4.45. The van der Waals surface area contributed by atoms with E-state index in [4.69, 9.17) is 0 Å². The zero-order valence-corrected chi connectivity index (χ0v) is 14.9. The summed E-state index contributed by atoms with van der Waals surface area (Å²) in [4.78, 5) is 2.20. The van der Waals surface area contributed by atoms with Crippen molar-refractivity contribution in [1.29, 1.82) is 0 Å². The number of hydrogen-bond acceptors (Lipinski definition) is 2. The van der Waals surface area contributed by atoms with Crippen LogP contribution in [0.3, 0.4) is 0 Å². The predicted molar refractivity (Wildman–Crippen MR) is 96.2 cm³/mol. The maximum atomic E-state index is 4.19. The van der Waals surface area contributed by atoms with E-state index in [0.29, 0.717) is 5.92 Å². The van der Waals surface area contributed by atoms with E-state index in [1.807, 2.05) is 6.20 Å². The topological polar surface area (TPSA) is 15.3 Å². The van der Waals surface area contributed by atoms with Gasteiger partial charge in [0, 0.05) is 12.7 Å². The standard InChI is InChI=1S/C19H36N2/c1-8-11-12-17(4)15-18(5)13-14-21(10-3)19(6,7)16-20-9-2/h10,13-14,18,20H,3-4,8-9,11-12,15-16H2,1-2,5-7H3. The second-order valence-corrected chi connectivity index (χ2v) is 6.56. The molecule has 2 heteroatoms. The third-order valence-corrected chi connectivity index (χ3v) is 3.77. The van der Waals surface area contributed by atoms with Gasteiger partial charge in [0.15, 0.2) is 0 Å². The molecule has 0 aromatic heterocycles. The van der Waals surface area contributed by atoms with Crippen LogP contribution in [0, 0.1) is 5.92 Å². The summed E-state index contributed by atoms with van der Waals surface area (Å²) in [5.74, 6) is 0.520. The second-order valence-electron chi connectivity index (χ2n) is 6.56. The number of nitrogens with one attached hydrogen (secondary N) is 1. The zero-order chi connectivity index (χ0) is 16.3. The fraction of sp³-hybridized carbons (Fsp3) is 0.684. The highest BCUT2D eigenvalue weighted by Gasteiger charge is 2.21. The third-order valence-electron chi connectivity index (χ3n) is 3.77. The third kappa shape index (κ3) is 8.77. The molecule has 0 aliphatic rings. The second kappa shape index (κ2) is 10.7. The molecular formula is C19H36N2. The van der Waals surface area contributed by atoms with Gasteiger partial charge in [0.25, 0.3) is 0 Å². The predicted octanol–water partition coefficient (Wildman–Crippen LogP) is 5.11. The summed E-state index contributed by atoms with van der Waals surface area (Å²) in [6.07, 6.45) is 11.1. The molecule has 0 bridgehead atoms. The van der Waals surface area contributed by atoms with Gasteiger partial charge in [-0.15, -0.1) is 0 Å². The van der Waals surface area contributed by atoms with Gasteiger partial charge in [0.2, 0.25) is 0 Å². The Morgan fingerprint density at radius 1 is 1.33 bits per heavy atom. The number of unbranched alkanes of at least 4 members (excludes halogenated alkanes) is 1. The molecule has 122 valence electrons. The van der Waals surface area contributed by atoms with Gasteiger partial charge >= 0.3 is 0 Å². The van der Waals surface area contributed by atoms with Gasteiger partial charge in [0.1, 0.15) is 0 Å². The van der Waals surface area contributed by atoms with Gasteiger partial charge in [-0.05, 0) is 51.8 Å². The van der Waals surface area contributed by atoms with E-state index in [9.17, 15) is 0 Å². The Morgan fingerprint density at radius 3 is 2.52 bits per heavy atom. The van der Waals surface area contributed by atoms with Crippen molar-refractivity contribution >= 4 is 0 Å². The lowest BCUT2D eigenvalue weighted by molar-refractivity contribution is 0.244. The minimum absolute atomic E-state index is 0.0349. The van der Waals surface area contributed by atoms with Crippen LogP contribution >= 0.6 is 0 Å². The van der Waals surface area contributed by atoms with Crippen LogP contribution in [-0.2, 0) is 0 Å². The Bertz CT molecular complexity index is 328. The molecule has 0 saturated heterocycles. The van der Waals surface area contributed by atoms with E-state index >= 15 is 0 Å². The maximum absolute atomic E-state index is 4.19. The molecule has 0 aromatic carbocycles. The lowest BCUT2D eigenvalue weighted by Gasteiger charge is -2.35. The Morgan fingerprint density at radius 2 is 2.00 bits per heavy atom. The fourth-order valence-corrected chi connectivity index (χ4v) is 2.32. The first-order valence-electron chi connectivity index (χ1n) is 8.34. The van der Waals surface area contributed by atoms with Crippen molar-refractivity contribution in [1.82, 2.24) is 10.2 Å². The molecule has 0 rings (SSSR count). The first-order valence-corrected chi connectivity index (χ1v) is 8.34. The molecule has 0 radical (unpaired) electrons. The van der Waals surface area contributed by atoms with Crippen molar-refractivity contribution in [2.24, 2.45) is 5.92 Å². The molecule has 0 aliphatic carbocycles. The van der Waals surface area contributed by atoms with Crippen molar-refractivity contribution in [2.75, 3.05) is 13.1 Å². The minimum atomic E-state index is 0.0349. The first-order chi connectivity index (χ1) is 9.87. The highest BCUT2D eigenvalue weighted by atomic mass is 15.2. The van der Waals surface area contributed by atoms with Gasteiger partial charge in [0.05, 0.1) is 5.54 Å². The van der Waals surface area contributed by atoms with Crippen molar-refractivity contribution < 1.29 is 0 Å². The molecule has 0 aromatic rings. The van der Waals surface area contributed by atoms with Crippen molar-refractivity contribution in [2.45, 2.75) is 65.8 Å². The van der Waals surface area contributed by atoms with E-state index in [1.165, 1.54) is 18.4 Å². The van der Waals surface area contributed by atoms with E-state index in [1.54, 1.807) is 0 Å². The lowest BCUT2D eigenvalue weighted by atomic mass is 9.98.